The van der Waals surface area contributed by atoms with Crippen molar-refractivity contribution in [2.45, 2.75) is 25.7 Å². The molecule has 6 heteroatoms. The van der Waals surface area contributed by atoms with Crippen LogP contribution in [0.5, 0.6) is 0 Å². The molecule has 0 radical (unpaired) electrons. The molecule has 0 aliphatic carbocycles. The number of carbonyl (C=O) groups is 1. The van der Waals surface area contributed by atoms with Crippen LogP contribution in [0.1, 0.15) is 24.0 Å². The predicted molar refractivity (Wildman–Crippen MR) is 98.6 cm³/mol. The number of halogens is 2. The number of nitrogens with zero attached hydrogens (tertiary/aromatic N) is 2. The van der Waals surface area contributed by atoms with Gasteiger partial charge < -0.3 is 10.6 Å². The Morgan fingerprint density at radius 2 is 1.91 bits per heavy atom. The van der Waals surface area contributed by atoms with Crippen molar-refractivity contribution in [2.24, 2.45) is 0 Å². The molecular weight excluding hydrogens is 333 g/mol. The van der Waals surface area contributed by atoms with E-state index in [2.05, 4.69) is 4.98 Å². The van der Waals surface area contributed by atoms with E-state index >= 15 is 0 Å². The molecule has 0 unspecified atom stereocenters. The highest BCUT2D eigenvalue weighted by molar-refractivity contribution is 5.95. The summed E-state index contributed by atoms with van der Waals surface area (Å²) in [5, 5.41) is 0. The Morgan fingerprint density at radius 1 is 1.17 bits per heavy atom. The van der Waals surface area contributed by atoms with Gasteiger partial charge in [-0.05, 0) is 54.7 Å². The summed E-state index contributed by atoms with van der Waals surface area (Å²) in [6.45, 7) is 0.783. The van der Waals surface area contributed by atoms with Crippen molar-refractivity contribution >= 4 is 42.1 Å². The number of pyridine rings is 1. The number of aromatic nitrogens is 1. The van der Waals surface area contributed by atoms with Crippen molar-refractivity contribution < 1.29 is 4.79 Å². The smallest absolute Gasteiger partial charge is 0.227 e. The number of hydrogen-bond acceptors (Lipinski definition) is 3. The average molecular weight is 354 g/mol. The monoisotopic (exact) mass is 353 g/mol. The number of rotatable bonds is 3. The maximum Gasteiger partial charge on any atom is 0.227 e. The van der Waals surface area contributed by atoms with E-state index in [1.54, 1.807) is 12.4 Å². The molecule has 1 aromatic heterocycles. The second-order valence-corrected chi connectivity index (χ2v) is 5.35. The van der Waals surface area contributed by atoms with Crippen molar-refractivity contribution in [3.8, 4) is 0 Å². The predicted octanol–water partition coefficient (Wildman–Crippen LogP) is 3.42. The molecule has 124 valence electrons. The van der Waals surface area contributed by atoms with E-state index < -0.39 is 0 Å². The molecule has 0 saturated heterocycles. The van der Waals surface area contributed by atoms with Gasteiger partial charge in [0.2, 0.25) is 5.91 Å². The third kappa shape index (κ3) is 4.36. The molecule has 3 rings (SSSR count). The molecule has 0 atom stereocenters. The highest BCUT2D eigenvalue weighted by atomic mass is 35.5. The number of nitrogens with two attached hydrogens (primary N) is 1. The highest BCUT2D eigenvalue weighted by Crippen LogP contribution is 2.31. The zero-order chi connectivity index (χ0) is 14.7. The fourth-order valence-electron chi connectivity index (χ4n) is 2.85. The number of aryl methyl sites for hydroxylation is 1. The van der Waals surface area contributed by atoms with E-state index in [0.717, 1.165) is 48.3 Å². The van der Waals surface area contributed by atoms with Crippen LogP contribution >= 0.6 is 24.8 Å². The SMILES string of the molecule is Cl.Cl.Nc1cccc2c1CCCN2C(=O)CCc1ccncc1. The van der Waals surface area contributed by atoms with E-state index in [1.165, 1.54) is 0 Å². The number of benzene rings is 1. The fourth-order valence-corrected chi connectivity index (χ4v) is 2.85. The Kier molecular flexibility index (Phi) is 7.33. The van der Waals surface area contributed by atoms with Crippen molar-refractivity contribution in [3.63, 3.8) is 0 Å². The van der Waals surface area contributed by atoms with Crippen LogP contribution in [0.25, 0.3) is 0 Å². The van der Waals surface area contributed by atoms with Crippen molar-refractivity contribution in [2.75, 3.05) is 17.2 Å². The van der Waals surface area contributed by atoms with Crippen LogP contribution in [0.4, 0.5) is 11.4 Å². The van der Waals surface area contributed by atoms with Crippen molar-refractivity contribution in [1.82, 2.24) is 4.98 Å². The van der Waals surface area contributed by atoms with E-state index in [1.807, 2.05) is 35.2 Å². The first-order valence-corrected chi connectivity index (χ1v) is 7.32. The van der Waals surface area contributed by atoms with Gasteiger partial charge in [0.25, 0.3) is 0 Å². The van der Waals surface area contributed by atoms with Crippen molar-refractivity contribution in [3.05, 3.63) is 53.9 Å². The summed E-state index contributed by atoms with van der Waals surface area (Å²) in [5.41, 5.74) is 10.1. The highest BCUT2D eigenvalue weighted by Gasteiger charge is 2.23. The molecule has 1 aromatic carbocycles. The summed E-state index contributed by atoms with van der Waals surface area (Å²) in [5.74, 6) is 0.165. The minimum absolute atomic E-state index is 0. The molecular formula is C17H21Cl2N3O. The minimum atomic E-state index is 0. The summed E-state index contributed by atoms with van der Waals surface area (Å²) < 4.78 is 0. The molecule has 1 aliphatic heterocycles. The van der Waals surface area contributed by atoms with Gasteiger partial charge in [-0.2, -0.15) is 0 Å². The van der Waals surface area contributed by atoms with E-state index in [9.17, 15) is 4.79 Å². The van der Waals surface area contributed by atoms with Crippen molar-refractivity contribution in [1.29, 1.82) is 0 Å². The van der Waals surface area contributed by atoms with Crippen LogP contribution in [0.2, 0.25) is 0 Å². The van der Waals surface area contributed by atoms with Crippen LogP contribution < -0.4 is 10.6 Å². The lowest BCUT2D eigenvalue weighted by molar-refractivity contribution is -0.118. The molecule has 2 aromatic rings. The third-order valence-electron chi connectivity index (χ3n) is 3.96. The summed E-state index contributed by atoms with van der Waals surface area (Å²) >= 11 is 0. The summed E-state index contributed by atoms with van der Waals surface area (Å²) in [6, 6.07) is 9.73. The zero-order valence-corrected chi connectivity index (χ0v) is 14.4. The Labute approximate surface area is 148 Å². The lowest BCUT2D eigenvalue weighted by atomic mass is 9.99. The molecule has 1 amide bonds. The van der Waals surface area contributed by atoms with Gasteiger partial charge in [-0.3, -0.25) is 9.78 Å². The fraction of sp³-hybridized carbons (Fsp3) is 0.294. The summed E-state index contributed by atoms with van der Waals surface area (Å²) in [7, 11) is 0. The quantitative estimate of drug-likeness (QED) is 0.860. The number of fused-ring (bicyclic) bond motifs is 1. The summed E-state index contributed by atoms with van der Waals surface area (Å²) in [6.07, 6.45) is 6.71. The maximum absolute atomic E-state index is 12.5. The lowest BCUT2D eigenvalue weighted by Gasteiger charge is -2.30. The first-order valence-electron chi connectivity index (χ1n) is 7.32. The number of amides is 1. The first kappa shape index (κ1) is 19.3. The Morgan fingerprint density at radius 3 is 2.65 bits per heavy atom. The van der Waals surface area contributed by atoms with Crippen LogP contribution in [-0.2, 0) is 17.6 Å². The second-order valence-electron chi connectivity index (χ2n) is 5.35. The Bertz CT molecular complexity index is 650. The van der Waals surface area contributed by atoms with Gasteiger partial charge in [-0.25, -0.2) is 0 Å². The van der Waals surface area contributed by atoms with Gasteiger partial charge in [-0.1, -0.05) is 6.07 Å². The standard InChI is InChI=1S/C17H19N3O.2ClH/c18-15-4-1-5-16-14(15)3-2-12-20(16)17(21)7-6-13-8-10-19-11-9-13;;/h1,4-5,8-11H,2-3,6-7,12,18H2;2*1H. The number of carbonyl (C=O) groups excluding carboxylic acids is 1. The lowest BCUT2D eigenvalue weighted by Crippen LogP contribution is -2.35. The van der Waals surface area contributed by atoms with Crippen LogP contribution in [-0.4, -0.2) is 17.4 Å². The molecule has 2 N–H and O–H groups in total. The molecule has 0 spiro atoms. The van der Waals surface area contributed by atoms with Crippen LogP contribution in [0.3, 0.4) is 0 Å². The Balaban J connectivity index is 0.00000132. The second kappa shape index (κ2) is 8.75. The number of nitrogen functional groups attached to an aromatic ring is 1. The zero-order valence-electron chi connectivity index (χ0n) is 12.8. The average Bonchev–Trinajstić information content (AvgIpc) is 2.53. The van der Waals surface area contributed by atoms with Crippen LogP contribution in [0, 0.1) is 0 Å². The molecule has 1 aliphatic rings. The minimum Gasteiger partial charge on any atom is -0.398 e. The molecule has 2 heterocycles. The van der Waals surface area contributed by atoms with Gasteiger partial charge in [0, 0.05) is 36.7 Å². The van der Waals surface area contributed by atoms with Gasteiger partial charge in [0.15, 0.2) is 0 Å². The number of anilines is 2. The molecule has 0 saturated carbocycles. The maximum atomic E-state index is 12.5. The Hall–Kier alpha value is -1.78. The largest absolute Gasteiger partial charge is 0.398 e. The molecule has 0 fully saturated rings. The topological polar surface area (TPSA) is 59.2 Å². The van der Waals surface area contributed by atoms with E-state index in [-0.39, 0.29) is 30.7 Å². The van der Waals surface area contributed by atoms with Gasteiger partial charge >= 0.3 is 0 Å². The normalized spacial score (nSPS) is 12.6. The molecule has 23 heavy (non-hydrogen) atoms. The van der Waals surface area contributed by atoms with Gasteiger partial charge in [-0.15, -0.1) is 24.8 Å². The third-order valence-corrected chi connectivity index (χ3v) is 3.96. The van der Waals surface area contributed by atoms with E-state index in [0.29, 0.717) is 6.42 Å². The van der Waals surface area contributed by atoms with Gasteiger partial charge in [0.05, 0.1) is 0 Å². The van der Waals surface area contributed by atoms with Crippen LogP contribution in [0.15, 0.2) is 42.7 Å². The molecule has 0 bridgehead atoms. The molecule has 4 nitrogen and oxygen atoms in total. The van der Waals surface area contributed by atoms with Gasteiger partial charge in [0.1, 0.15) is 0 Å². The summed E-state index contributed by atoms with van der Waals surface area (Å²) in [4.78, 5) is 18.4. The first-order chi connectivity index (χ1) is 10.3. The van der Waals surface area contributed by atoms with E-state index in [4.69, 9.17) is 5.73 Å². The number of hydrogen-bond donors (Lipinski definition) is 1.